The molecule has 3 rings (SSSR count). The fourth-order valence-electron chi connectivity index (χ4n) is 3.31. The molecule has 0 bridgehead atoms. The number of rotatable bonds is 5. The van der Waals surface area contributed by atoms with Crippen LogP contribution in [0, 0.1) is 13.8 Å². The minimum atomic E-state index is -3.63. The first kappa shape index (κ1) is 21.8. The third-order valence-electron chi connectivity index (χ3n) is 4.97. The molecule has 1 aliphatic rings. The number of aromatic hydroxyl groups is 1. The van der Waals surface area contributed by atoms with Gasteiger partial charge in [0.1, 0.15) is 5.75 Å². The van der Waals surface area contributed by atoms with Gasteiger partial charge in [0.25, 0.3) is 5.91 Å². The normalized spacial score (nSPS) is 15.1. The molecule has 1 fully saturated rings. The summed E-state index contributed by atoms with van der Waals surface area (Å²) in [4.78, 5) is 26.1. The summed E-state index contributed by atoms with van der Waals surface area (Å²) in [6.07, 6.45) is 0. The molecular formula is C21H24N2O6S. The minimum Gasteiger partial charge on any atom is -0.508 e. The van der Waals surface area contributed by atoms with Gasteiger partial charge in [-0.3, -0.25) is 4.79 Å². The van der Waals surface area contributed by atoms with Crippen LogP contribution < -0.4 is 0 Å². The molecule has 1 N–H and O–H groups in total. The highest BCUT2D eigenvalue weighted by atomic mass is 32.2. The van der Waals surface area contributed by atoms with E-state index in [4.69, 9.17) is 4.74 Å². The summed E-state index contributed by atoms with van der Waals surface area (Å²) in [6.45, 7) is 4.04. The summed E-state index contributed by atoms with van der Waals surface area (Å²) in [7, 11) is -3.63. The van der Waals surface area contributed by atoms with Crippen molar-refractivity contribution in [1.82, 2.24) is 9.21 Å². The fourth-order valence-corrected chi connectivity index (χ4v) is 4.93. The lowest BCUT2D eigenvalue weighted by Crippen LogP contribution is -2.51. The van der Waals surface area contributed by atoms with Gasteiger partial charge >= 0.3 is 5.97 Å². The lowest BCUT2D eigenvalue weighted by atomic mass is 10.2. The van der Waals surface area contributed by atoms with E-state index in [-0.39, 0.29) is 48.3 Å². The molecule has 160 valence electrons. The Hall–Kier alpha value is -2.91. The molecule has 2 aromatic rings. The van der Waals surface area contributed by atoms with E-state index < -0.39 is 22.6 Å². The summed E-state index contributed by atoms with van der Waals surface area (Å²) in [5.74, 6) is -1.03. The largest absolute Gasteiger partial charge is 0.508 e. The fraction of sp³-hybridized carbons (Fsp3) is 0.333. The number of sulfonamides is 1. The van der Waals surface area contributed by atoms with Crippen LogP contribution in [0.1, 0.15) is 21.5 Å². The SMILES string of the molecule is Cc1ccc(S(=O)(=O)N2CCN(C(=O)COC(=O)c3ccc(O)cc3)CC2)c(C)c1. The van der Waals surface area contributed by atoms with Crippen molar-refractivity contribution in [2.75, 3.05) is 32.8 Å². The Morgan fingerprint density at radius 2 is 1.63 bits per heavy atom. The number of amides is 1. The van der Waals surface area contributed by atoms with Gasteiger partial charge in [0.2, 0.25) is 10.0 Å². The average Bonchev–Trinajstić information content (AvgIpc) is 2.72. The number of hydrogen-bond donors (Lipinski definition) is 1. The predicted octanol–water partition coefficient (Wildman–Crippen LogP) is 1.70. The number of phenolic OH excluding ortho intramolecular Hbond substituents is 1. The summed E-state index contributed by atoms with van der Waals surface area (Å²) in [6, 6.07) is 10.7. The summed E-state index contributed by atoms with van der Waals surface area (Å²) < 4.78 is 32.3. The third kappa shape index (κ3) is 4.80. The molecule has 0 aromatic heterocycles. The molecule has 0 spiro atoms. The summed E-state index contributed by atoms with van der Waals surface area (Å²) >= 11 is 0. The topological polar surface area (TPSA) is 104 Å². The van der Waals surface area contributed by atoms with Gasteiger partial charge in [-0.2, -0.15) is 4.31 Å². The van der Waals surface area contributed by atoms with Gasteiger partial charge in [-0.1, -0.05) is 17.7 Å². The second kappa shape index (κ2) is 8.85. The van der Waals surface area contributed by atoms with Crippen molar-refractivity contribution in [3.63, 3.8) is 0 Å². The smallest absolute Gasteiger partial charge is 0.338 e. The van der Waals surface area contributed by atoms with E-state index >= 15 is 0 Å². The van der Waals surface area contributed by atoms with Crippen molar-refractivity contribution < 1.29 is 27.9 Å². The van der Waals surface area contributed by atoms with E-state index in [1.807, 2.05) is 13.0 Å². The molecule has 0 unspecified atom stereocenters. The van der Waals surface area contributed by atoms with E-state index in [2.05, 4.69) is 0 Å². The maximum absolute atomic E-state index is 12.9. The van der Waals surface area contributed by atoms with E-state index in [0.29, 0.717) is 5.56 Å². The third-order valence-corrected chi connectivity index (χ3v) is 7.03. The number of hydrogen-bond acceptors (Lipinski definition) is 6. The van der Waals surface area contributed by atoms with Gasteiger partial charge in [0.15, 0.2) is 6.61 Å². The molecule has 30 heavy (non-hydrogen) atoms. The van der Waals surface area contributed by atoms with Crippen molar-refractivity contribution >= 4 is 21.9 Å². The molecule has 1 amide bonds. The monoisotopic (exact) mass is 432 g/mol. The van der Waals surface area contributed by atoms with Crippen LogP contribution in [0.25, 0.3) is 0 Å². The first-order chi connectivity index (χ1) is 14.2. The van der Waals surface area contributed by atoms with Crippen LogP contribution in [-0.2, 0) is 19.6 Å². The molecule has 1 saturated heterocycles. The van der Waals surface area contributed by atoms with Gasteiger partial charge in [-0.05, 0) is 49.7 Å². The van der Waals surface area contributed by atoms with Crippen LogP contribution >= 0.6 is 0 Å². The molecule has 8 nitrogen and oxygen atoms in total. The second-order valence-electron chi connectivity index (χ2n) is 7.18. The first-order valence-electron chi connectivity index (χ1n) is 9.50. The highest BCUT2D eigenvalue weighted by Gasteiger charge is 2.31. The highest BCUT2D eigenvalue weighted by Crippen LogP contribution is 2.22. The Bertz CT molecular complexity index is 1040. The van der Waals surface area contributed by atoms with Crippen molar-refractivity contribution in [1.29, 1.82) is 0 Å². The zero-order chi connectivity index (χ0) is 21.9. The molecule has 2 aromatic carbocycles. The van der Waals surface area contributed by atoms with E-state index in [1.165, 1.54) is 33.5 Å². The van der Waals surface area contributed by atoms with E-state index in [1.54, 1.807) is 19.1 Å². The molecule has 0 radical (unpaired) electrons. The van der Waals surface area contributed by atoms with Crippen LogP contribution in [0.2, 0.25) is 0 Å². The number of nitrogens with zero attached hydrogens (tertiary/aromatic N) is 2. The number of piperazine rings is 1. The summed E-state index contributed by atoms with van der Waals surface area (Å²) in [5.41, 5.74) is 1.91. The highest BCUT2D eigenvalue weighted by molar-refractivity contribution is 7.89. The maximum atomic E-state index is 12.9. The first-order valence-corrected chi connectivity index (χ1v) is 10.9. The molecule has 0 aliphatic carbocycles. The molecule has 0 saturated carbocycles. The lowest BCUT2D eigenvalue weighted by molar-refractivity contribution is -0.135. The molecular weight excluding hydrogens is 408 g/mol. The van der Waals surface area contributed by atoms with Gasteiger partial charge in [-0.15, -0.1) is 0 Å². The van der Waals surface area contributed by atoms with Gasteiger partial charge in [0.05, 0.1) is 10.5 Å². The second-order valence-corrected chi connectivity index (χ2v) is 9.08. The van der Waals surface area contributed by atoms with Gasteiger partial charge in [-0.25, -0.2) is 13.2 Å². The minimum absolute atomic E-state index is 0.0243. The number of aryl methyl sites for hydroxylation is 2. The number of benzene rings is 2. The zero-order valence-corrected chi connectivity index (χ0v) is 17.7. The zero-order valence-electron chi connectivity index (χ0n) is 16.9. The number of carbonyl (C=O) groups is 2. The van der Waals surface area contributed by atoms with E-state index in [0.717, 1.165) is 5.56 Å². The number of esters is 1. The Kier molecular flexibility index (Phi) is 6.42. The molecule has 9 heteroatoms. The van der Waals surface area contributed by atoms with Crippen LogP contribution in [-0.4, -0.2) is 67.4 Å². The van der Waals surface area contributed by atoms with Crippen molar-refractivity contribution in [3.8, 4) is 5.75 Å². The van der Waals surface area contributed by atoms with Crippen LogP contribution in [0.5, 0.6) is 5.75 Å². The maximum Gasteiger partial charge on any atom is 0.338 e. The van der Waals surface area contributed by atoms with Gasteiger partial charge in [0, 0.05) is 26.2 Å². The van der Waals surface area contributed by atoms with Crippen LogP contribution in [0.4, 0.5) is 0 Å². The molecule has 1 heterocycles. The Morgan fingerprint density at radius 3 is 2.23 bits per heavy atom. The Morgan fingerprint density at radius 1 is 1.00 bits per heavy atom. The van der Waals surface area contributed by atoms with Gasteiger partial charge < -0.3 is 14.7 Å². The van der Waals surface area contributed by atoms with Crippen LogP contribution in [0.15, 0.2) is 47.4 Å². The van der Waals surface area contributed by atoms with E-state index in [9.17, 15) is 23.1 Å². The van der Waals surface area contributed by atoms with Crippen molar-refractivity contribution in [2.24, 2.45) is 0 Å². The number of phenols is 1. The van der Waals surface area contributed by atoms with Crippen molar-refractivity contribution in [2.45, 2.75) is 18.7 Å². The molecule has 0 atom stereocenters. The average molecular weight is 432 g/mol. The van der Waals surface area contributed by atoms with Crippen molar-refractivity contribution in [3.05, 3.63) is 59.2 Å². The Balaban J connectivity index is 1.55. The summed E-state index contributed by atoms with van der Waals surface area (Å²) in [5, 5.41) is 9.25. The number of carbonyl (C=O) groups excluding carboxylic acids is 2. The number of ether oxygens (including phenoxy) is 1. The van der Waals surface area contributed by atoms with Crippen LogP contribution in [0.3, 0.4) is 0 Å². The lowest BCUT2D eigenvalue weighted by Gasteiger charge is -2.34. The quantitative estimate of drug-likeness (QED) is 0.721. The molecule has 1 aliphatic heterocycles. The standard InChI is InChI=1S/C21H24N2O6S/c1-15-3-8-19(16(2)13-15)30(27,28)23-11-9-22(10-12-23)20(25)14-29-21(26)17-4-6-18(24)7-5-17/h3-8,13,24H,9-12,14H2,1-2H3. The Labute approximate surface area is 175 Å². The predicted molar refractivity (Wildman–Crippen MR) is 110 cm³/mol.